The third-order valence-electron chi connectivity index (χ3n) is 3.52. The van der Waals surface area contributed by atoms with Gasteiger partial charge in [0, 0.05) is 30.9 Å². The van der Waals surface area contributed by atoms with Crippen molar-refractivity contribution in [3.05, 3.63) is 23.0 Å². The molecule has 0 unspecified atom stereocenters. The Morgan fingerprint density at radius 1 is 1.50 bits per heavy atom. The van der Waals surface area contributed by atoms with Gasteiger partial charge in [-0.05, 0) is 44.7 Å². The van der Waals surface area contributed by atoms with Crippen LogP contribution in [0.5, 0.6) is 0 Å². The zero-order valence-corrected chi connectivity index (χ0v) is 10.3. The minimum Gasteiger partial charge on any atom is -0.356 e. The summed E-state index contributed by atoms with van der Waals surface area (Å²) in [6, 6.07) is 2.21. The number of rotatable bonds is 4. The van der Waals surface area contributed by atoms with Crippen LogP contribution in [-0.4, -0.2) is 17.0 Å². The molecule has 0 aromatic carbocycles. The van der Waals surface area contributed by atoms with Gasteiger partial charge in [0.15, 0.2) is 0 Å². The molecule has 16 heavy (non-hydrogen) atoms. The Hall–Kier alpha value is -1.25. The van der Waals surface area contributed by atoms with E-state index in [1.54, 1.807) is 0 Å². The summed E-state index contributed by atoms with van der Waals surface area (Å²) in [5.41, 5.74) is 3.93. The summed E-state index contributed by atoms with van der Waals surface area (Å²) < 4.78 is 2.19. The van der Waals surface area contributed by atoms with Gasteiger partial charge in [0.25, 0.3) is 0 Å². The van der Waals surface area contributed by atoms with Gasteiger partial charge in [-0.3, -0.25) is 4.79 Å². The number of aromatic nitrogens is 1. The van der Waals surface area contributed by atoms with Gasteiger partial charge >= 0.3 is 0 Å². The predicted molar refractivity (Wildman–Crippen MR) is 64.3 cm³/mol. The van der Waals surface area contributed by atoms with Gasteiger partial charge in [0.1, 0.15) is 0 Å². The smallest absolute Gasteiger partial charge is 0.223 e. The Balaban J connectivity index is 1.84. The standard InChI is InChI=1S/C13H20N2O/c1-9-8-12(10(2)15(9)3)6-7-14-13(16)11-4-5-11/h8,11H,4-7H2,1-3H3,(H,14,16). The zero-order chi connectivity index (χ0) is 11.7. The molecular formula is C13H20N2O. The molecule has 1 aliphatic rings. The minimum atomic E-state index is 0.241. The van der Waals surface area contributed by atoms with Crippen molar-refractivity contribution in [2.45, 2.75) is 33.1 Å². The molecule has 0 aliphatic heterocycles. The fraction of sp³-hybridized carbons (Fsp3) is 0.615. The van der Waals surface area contributed by atoms with E-state index in [1.807, 2.05) is 0 Å². The Kier molecular flexibility index (Phi) is 3.03. The van der Waals surface area contributed by atoms with E-state index in [0.29, 0.717) is 5.92 Å². The van der Waals surface area contributed by atoms with Gasteiger partial charge < -0.3 is 9.88 Å². The van der Waals surface area contributed by atoms with Crippen LogP contribution in [-0.2, 0) is 18.3 Å². The van der Waals surface area contributed by atoms with E-state index in [4.69, 9.17) is 0 Å². The quantitative estimate of drug-likeness (QED) is 0.823. The number of hydrogen-bond donors (Lipinski definition) is 1. The predicted octanol–water partition coefficient (Wildman–Crippen LogP) is 1.71. The van der Waals surface area contributed by atoms with E-state index in [-0.39, 0.29) is 5.91 Å². The lowest BCUT2D eigenvalue weighted by atomic mass is 10.2. The maximum Gasteiger partial charge on any atom is 0.223 e. The fourth-order valence-corrected chi connectivity index (χ4v) is 2.00. The van der Waals surface area contributed by atoms with Crippen LogP contribution in [0.1, 0.15) is 29.8 Å². The van der Waals surface area contributed by atoms with Crippen molar-refractivity contribution in [1.29, 1.82) is 0 Å². The third kappa shape index (κ3) is 2.29. The number of nitrogens with one attached hydrogen (secondary N) is 1. The summed E-state index contributed by atoms with van der Waals surface area (Å²) in [5, 5.41) is 3.00. The summed E-state index contributed by atoms with van der Waals surface area (Å²) in [7, 11) is 2.08. The molecule has 1 aromatic heterocycles. The molecule has 1 N–H and O–H groups in total. The first-order chi connectivity index (χ1) is 7.59. The monoisotopic (exact) mass is 220 g/mol. The van der Waals surface area contributed by atoms with Crippen molar-refractivity contribution in [2.75, 3.05) is 6.54 Å². The fourth-order valence-electron chi connectivity index (χ4n) is 2.00. The summed E-state index contributed by atoms with van der Waals surface area (Å²) in [6.07, 6.45) is 3.09. The maximum absolute atomic E-state index is 11.4. The Morgan fingerprint density at radius 2 is 2.19 bits per heavy atom. The normalized spacial score (nSPS) is 15.2. The Bertz CT molecular complexity index is 402. The van der Waals surface area contributed by atoms with Crippen LogP contribution >= 0.6 is 0 Å². The molecule has 0 atom stereocenters. The average molecular weight is 220 g/mol. The lowest BCUT2D eigenvalue weighted by molar-refractivity contribution is -0.122. The van der Waals surface area contributed by atoms with Crippen molar-refractivity contribution in [3.63, 3.8) is 0 Å². The first-order valence-electron chi connectivity index (χ1n) is 5.99. The van der Waals surface area contributed by atoms with Crippen LogP contribution in [0.3, 0.4) is 0 Å². The first-order valence-corrected chi connectivity index (χ1v) is 5.99. The van der Waals surface area contributed by atoms with Crippen LogP contribution in [0.4, 0.5) is 0 Å². The van der Waals surface area contributed by atoms with E-state index >= 15 is 0 Å². The molecule has 1 heterocycles. The Labute approximate surface area is 96.8 Å². The number of amides is 1. The summed E-state index contributed by atoms with van der Waals surface area (Å²) in [5.74, 6) is 0.559. The van der Waals surface area contributed by atoms with Gasteiger partial charge in [-0.1, -0.05) is 0 Å². The summed E-state index contributed by atoms with van der Waals surface area (Å²) in [6.45, 7) is 5.00. The van der Waals surface area contributed by atoms with Crippen molar-refractivity contribution in [2.24, 2.45) is 13.0 Å². The third-order valence-corrected chi connectivity index (χ3v) is 3.52. The van der Waals surface area contributed by atoms with Crippen molar-refractivity contribution >= 4 is 5.91 Å². The maximum atomic E-state index is 11.4. The van der Waals surface area contributed by atoms with Gasteiger partial charge in [-0.15, -0.1) is 0 Å². The lowest BCUT2D eigenvalue weighted by Gasteiger charge is -2.04. The number of aryl methyl sites for hydroxylation is 1. The van der Waals surface area contributed by atoms with Crippen molar-refractivity contribution < 1.29 is 4.79 Å². The van der Waals surface area contributed by atoms with E-state index in [9.17, 15) is 4.79 Å². The van der Waals surface area contributed by atoms with Crippen LogP contribution in [0.2, 0.25) is 0 Å². The molecule has 88 valence electrons. The Morgan fingerprint density at radius 3 is 2.69 bits per heavy atom. The molecule has 0 radical (unpaired) electrons. The second kappa shape index (κ2) is 4.32. The van der Waals surface area contributed by atoms with Crippen LogP contribution in [0.25, 0.3) is 0 Å². The summed E-state index contributed by atoms with van der Waals surface area (Å²) >= 11 is 0. The number of carbonyl (C=O) groups excluding carboxylic acids is 1. The van der Waals surface area contributed by atoms with E-state index in [1.165, 1.54) is 17.0 Å². The SMILES string of the molecule is Cc1cc(CCNC(=O)C2CC2)c(C)n1C. The first kappa shape index (κ1) is 11.2. The molecule has 1 fully saturated rings. The molecule has 2 rings (SSSR count). The van der Waals surface area contributed by atoms with Gasteiger partial charge in [0.05, 0.1) is 0 Å². The highest BCUT2D eigenvalue weighted by molar-refractivity contribution is 5.80. The number of hydrogen-bond acceptors (Lipinski definition) is 1. The van der Waals surface area contributed by atoms with E-state index in [2.05, 4.69) is 36.8 Å². The molecule has 3 nitrogen and oxygen atoms in total. The largest absolute Gasteiger partial charge is 0.356 e. The highest BCUT2D eigenvalue weighted by atomic mass is 16.2. The molecule has 0 saturated heterocycles. The highest BCUT2D eigenvalue weighted by Crippen LogP contribution is 2.28. The second-order valence-electron chi connectivity index (χ2n) is 4.77. The highest BCUT2D eigenvalue weighted by Gasteiger charge is 2.29. The molecular weight excluding hydrogens is 200 g/mol. The van der Waals surface area contributed by atoms with E-state index in [0.717, 1.165) is 25.8 Å². The molecule has 0 spiro atoms. The van der Waals surface area contributed by atoms with Crippen LogP contribution in [0.15, 0.2) is 6.07 Å². The van der Waals surface area contributed by atoms with E-state index < -0.39 is 0 Å². The lowest BCUT2D eigenvalue weighted by Crippen LogP contribution is -2.27. The molecule has 1 aromatic rings. The number of nitrogens with zero attached hydrogens (tertiary/aromatic N) is 1. The average Bonchev–Trinajstić information content (AvgIpc) is 3.05. The molecule has 1 amide bonds. The van der Waals surface area contributed by atoms with Gasteiger partial charge in [-0.2, -0.15) is 0 Å². The van der Waals surface area contributed by atoms with Crippen molar-refractivity contribution in [1.82, 2.24) is 9.88 Å². The van der Waals surface area contributed by atoms with Gasteiger partial charge in [0.2, 0.25) is 5.91 Å². The topological polar surface area (TPSA) is 34.0 Å². The molecule has 1 aliphatic carbocycles. The summed E-state index contributed by atoms with van der Waals surface area (Å²) in [4.78, 5) is 11.4. The number of carbonyl (C=O) groups is 1. The minimum absolute atomic E-state index is 0.241. The van der Waals surface area contributed by atoms with Crippen LogP contribution < -0.4 is 5.32 Å². The second-order valence-corrected chi connectivity index (χ2v) is 4.77. The van der Waals surface area contributed by atoms with Gasteiger partial charge in [-0.25, -0.2) is 0 Å². The zero-order valence-electron chi connectivity index (χ0n) is 10.3. The van der Waals surface area contributed by atoms with Crippen LogP contribution in [0, 0.1) is 19.8 Å². The van der Waals surface area contributed by atoms with Crippen molar-refractivity contribution in [3.8, 4) is 0 Å². The molecule has 1 saturated carbocycles. The molecule has 0 bridgehead atoms. The molecule has 3 heteroatoms.